The lowest BCUT2D eigenvalue weighted by Crippen LogP contribution is -2.42. The van der Waals surface area contributed by atoms with Gasteiger partial charge in [0.2, 0.25) is 0 Å². The van der Waals surface area contributed by atoms with E-state index in [4.69, 9.17) is 10.5 Å². The summed E-state index contributed by atoms with van der Waals surface area (Å²) in [4.78, 5) is 14.3. The summed E-state index contributed by atoms with van der Waals surface area (Å²) in [6, 6.07) is 4.29. The molecule has 1 saturated carbocycles. The van der Waals surface area contributed by atoms with Gasteiger partial charge in [-0.25, -0.2) is 4.39 Å². The fourth-order valence-corrected chi connectivity index (χ4v) is 2.37. The zero-order valence-electron chi connectivity index (χ0n) is 11.9. The number of methoxy groups -OCH3 is 1. The molecule has 5 heteroatoms. The zero-order valence-corrected chi connectivity index (χ0v) is 11.9. The molecule has 110 valence electrons. The van der Waals surface area contributed by atoms with Crippen LogP contribution in [0.2, 0.25) is 0 Å². The fourth-order valence-electron chi connectivity index (χ4n) is 2.37. The third-order valence-corrected chi connectivity index (χ3v) is 3.82. The van der Waals surface area contributed by atoms with Crippen LogP contribution in [0.25, 0.3) is 0 Å². The molecule has 1 aromatic carbocycles. The average Bonchev–Trinajstić information content (AvgIpc) is 3.22. The highest BCUT2D eigenvalue weighted by Crippen LogP contribution is 2.35. The van der Waals surface area contributed by atoms with Gasteiger partial charge in [0, 0.05) is 25.4 Å². The molecule has 0 heterocycles. The molecule has 1 aliphatic rings. The van der Waals surface area contributed by atoms with Crippen molar-refractivity contribution in [3.63, 3.8) is 0 Å². The molecule has 0 aliphatic heterocycles. The Kier molecular flexibility index (Phi) is 4.60. The minimum atomic E-state index is -0.569. The van der Waals surface area contributed by atoms with E-state index in [1.54, 1.807) is 18.1 Å². The van der Waals surface area contributed by atoms with Gasteiger partial charge in [-0.1, -0.05) is 0 Å². The molecule has 20 heavy (non-hydrogen) atoms. The number of amides is 1. The van der Waals surface area contributed by atoms with Crippen LogP contribution in [0.4, 0.5) is 10.1 Å². The summed E-state index contributed by atoms with van der Waals surface area (Å²) < 4.78 is 19.0. The maximum atomic E-state index is 13.9. The lowest BCUT2D eigenvalue weighted by Gasteiger charge is -2.29. The van der Waals surface area contributed by atoms with Crippen molar-refractivity contribution in [2.45, 2.75) is 25.8 Å². The number of ether oxygens (including phenoxy) is 1. The van der Waals surface area contributed by atoms with Gasteiger partial charge in [0.1, 0.15) is 5.82 Å². The number of carbonyl (C=O) groups excluding carboxylic acids is 1. The third-order valence-electron chi connectivity index (χ3n) is 3.82. The predicted octanol–water partition coefficient (Wildman–Crippen LogP) is 2.29. The number of benzene rings is 1. The van der Waals surface area contributed by atoms with Crippen LogP contribution in [-0.2, 0) is 4.74 Å². The highest BCUT2D eigenvalue weighted by atomic mass is 19.1. The average molecular weight is 280 g/mol. The van der Waals surface area contributed by atoms with Crippen molar-refractivity contribution < 1.29 is 13.9 Å². The summed E-state index contributed by atoms with van der Waals surface area (Å²) in [7, 11) is 1.59. The smallest absolute Gasteiger partial charge is 0.257 e. The Bertz CT molecular complexity index is 489. The van der Waals surface area contributed by atoms with E-state index in [0.29, 0.717) is 24.8 Å². The minimum absolute atomic E-state index is 0.0720. The van der Waals surface area contributed by atoms with Crippen molar-refractivity contribution in [3.05, 3.63) is 29.6 Å². The maximum absolute atomic E-state index is 13.9. The molecule has 2 N–H and O–H groups in total. The topological polar surface area (TPSA) is 55.6 Å². The van der Waals surface area contributed by atoms with Crippen molar-refractivity contribution in [1.29, 1.82) is 0 Å². The number of halogens is 1. The number of anilines is 1. The molecule has 0 aromatic heterocycles. The van der Waals surface area contributed by atoms with E-state index in [1.807, 2.05) is 6.92 Å². The lowest BCUT2D eigenvalue weighted by atomic mass is 10.1. The molecule has 1 fully saturated rings. The van der Waals surface area contributed by atoms with Crippen LogP contribution in [0.3, 0.4) is 0 Å². The summed E-state index contributed by atoms with van der Waals surface area (Å²) in [6.45, 7) is 2.93. The van der Waals surface area contributed by atoms with Crippen LogP contribution in [-0.4, -0.2) is 37.1 Å². The number of nitrogens with zero attached hydrogens (tertiary/aromatic N) is 1. The normalized spacial score (nSPS) is 15.9. The second kappa shape index (κ2) is 6.22. The quantitative estimate of drug-likeness (QED) is 0.813. The van der Waals surface area contributed by atoms with Gasteiger partial charge in [0.15, 0.2) is 0 Å². The maximum Gasteiger partial charge on any atom is 0.257 e. The number of nitrogen functional groups attached to an aromatic ring is 1. The number of rotatable bonds is 6. The van der Waals surface area contributed by atoms with E-state index in [1.165, 1.54) is 12.1 Å². The molecular formula is C15H21FN2O2. The Morgan fingerprint density at radius 2 is 2.25 bits per heavy atom. The first-order valence-corrected chi connectivity index (χ1v) is 6.89. The van der Waals surface area contributed by atoms with Gasteiger partial charge in [-0.05, 0) is 43.9 Å². The molecule has 2 rings (SSSR count). The van der Waals surface area contributed by atoms with Crippen LogP contribution in [0.15, 0.2) is 18.2 Å². The van der Waals surface area contributed by atoms with Crippen molar-refractivity contribution in [2.24, 2.45) is 5.92 Å². The van der Waals surface area contributed by atoms with Gasteiger partial charge in [-0.3, -0.25) is 4.79 Å². The van der Waals surface area contributed by atoms with Crippen molar-refractivity contribution in [1.82, 2.24) is 4.90 Å². The SMILES string of the molecule is COCCN(C(=O)c1ccc(N)cc1F)C(C)C1CC1. The molecule has 4 nitrogen and oxygen atoms in total. The molecule has 1 atom stereocenters. The van der Waals surface area contributed by atoms with Crippen LogP contribution >= 0.6 is 0 Å². The van der Waals surface area contributed by atoms with E-state index in [0.717, 1.165) is 12.8 Å². The van der Waals surface area contributed by atoms with Gasteiger partial charge in [0.05, 0.1) is 12.2 Å². The molecule has 1 aromatic rings. The predicted molar refractivity (Wildman–Crippen MR) is 75.9 cm³/mol. The van der Waals surface area contributed by atoms with Crippen molar-refractivity contribution in [2.75, 3.05) is 26.0 Å². The highest BCUT2D eigenvalue weighted by molar-refractivity contribution is 5.95. The number of hydrogen-bond acceptors (Lipinski definition) is 3. The summed E-state index contributed by atoms with van der Waals surface area (Å²) in [5, 5.41) is 0. The lowest BCUT2D eigenvalue weighted by molar-refractivity contribution is 0.0590. The molecule has 0 bridgehead atoms. The molecule has 0 saturated heterocycles. The van der Waals surface area contributed by atoms with E-state index in [9.17, 15) is 9.18 Å². The minimum Gasteiger partial charge on any atom is -0.399 e. The Labute approximate surface area is 118 Å². The van der Waals surface area contributed by atoms with E-state index >= 15 is 0 Å². The Balaban J connectivity index is 2.20. The van der Waals surface area contributed by atoms with Gasteiger partial charge < -0.3 is 15.4 Å². The third kappa shape index (κ3) is 3.28. The van der Waals surface area contributed by atoms with Gasteiger partial charge in [-0.15, -0.1) is 0 Å². The first-order chi connectivity index (χ1) is 9.54. The summed E-state index contributed by atoms with van der Waals surface area (Å²) in [6.07, 6.45) is 2.25. The fraction of sp³-hybridized carbons (Fsp3) is 0.533. The summed E-state index contributed by atoms with van der Waals surface area (Å²) in [5.41, 5.74) is 5.91. The van der Waals surface area contributed by atoms with E-state index in [2.05, 4.69) is 0 Å². The number of nitrogens with two attached hydrogens (primary N) is 1. The molecule has 1 unspecified atom stereocenters. The summed E-state index contributed by atoms with van der Waals surface area (Å²) >= 11 is 0. The summed E-state index contributed by atoms with van der Waals surface area (Å²) in [5.74, 6) is -0.341. The van der Waals surface area contributed by atoms with Crippen molar-refractivity contribution in [3.8, 4) is 0 Å². The first-order valence-electron chi connectivity index (χ1n) is 6.89. The Hall–Kier alpha value is -1.62. The van der Waals surface area contributed by atoms with E-state index in [-0.39, 0.29) is 17.5 Å². The van der Waals surface area contributed by atoms with Crippen LogP contribution < -0.4 is 5.73 Å². The zero-order chi connectivity index (χ0) is 14.7. The van der Waals surface area contributed by atoms with Crippen LogP contribution in [0.5, 0.6) is 0 Å². The second-order valence-electron chi connectivity index (χ2n) is 5.31. The molecular weight excluding hydrogens is 259 g/mol. The van der Waals surface area contributed by atoms with Crippen LogP contribution in [0, 0.1) is 11.7 Å². The highest BCUT2D eigenvalue weighted by Gasteiger charge is 2.35. The standard InChI is InChI=1S/C15H21FN2O2/c1-10(11-3-4-11)18(7-8-20-2)15(19)13-6-5-12(17)9-14(13)16/h5-6,9-11H,3-4,7-8,17H2,1-2H3. The second-order valence-corrected chi connectivity index (χ2v) is 5.31. The Morgan fingerprint density at radius 1 is 1.55 bits per heavy atom. The number of carbonyl (C=O) groups is 1. The monoisotopic (exact) mass is 280 g/mol. The molecule has 1 aliphatic carbocycles. The van der Waals surface area contributed by atoms with Gasteiger partial charge in [0.25, 0.3) is 5.91 Å². The molecule has 0 radical (unpaired) electrons. The number of hydrogen-bond donors (Lipinski definition) is 1. The van der Waals surface area contributed by atoms with Gasteiger partial charge in [-0.2, -0.15) is 0 Å². The van der Waals surface area contributed by atoms with Crippen LogP contribution in [0.1, 0.15) is 30.1 Å². The molecule has 1 amide bonds. The molecule has 0 spiro atoms. The van der Waals surface area contributed by atoms with Crippen molar-refractivity contribution >= 4 is 11.6 Å². The largest absolute Gasteiger partial charge is 0.399 e. The van der Waals surface area contributed by atoms with E-state index < -0.39 is 5.82 Å². The Morgan fingerprint density at radius 3 is 2.80 bits per heavy atom. The first kappa shape index (κ1) is 14.8. The van der Waals surface area contributed by atoms with Gasteiger partial charge >= 0.3 is 0 Å².